The van der Waals surface area contributed by atoms with Gasteiger partial charge in [0.1, 0.15) is 0 Å². The highest BCUT2D eigenvalue weighted by Gasteiger charge is 2.12. The molecule has 6 nitrogen and oxygen atoms in total. The third-order valence-electron chi connectivity index (χ3n) is 3.60. The molecule has 0 fully saturated rings. The van der Waals surface area contributed by atoms with Crippen LogP contribution in [-0.2, 0) is 0 Å². The number of carbonyl (C=O) groups is 1. The molecule has 0 bridgehead atoms. The number of halogens is 1. The van der Waals surface area contributed by atoms with Gasteiger partial charge in [0.25, 0.3) is 5.91 Å². The Balaban J connectivity index is 1.83. The van der Waals surface area contributed by atoms with E-state index in [2.05, 4.69) is 31.3 Å². The summed E-state index contributed by atoms with van der Waals surface area (Å²) < 4.78 is 2.78. The Labute approximate surface area is 147 Å². The molecule has 0 atom stereocenters. The first-order valence-corrected chi connectivity index (χ1v) is 8.04. The predicted molar refractivity (Wildman–Crippen MR) is 94.6 cm³/mol. The van der Waals surface area contributed by atoms with Crippen LogP contribution in [0.15, 0.2) is 47.1 Å². The fourth-order valence-corrected chi connectivity index (χ4v) is 2.55. The van der Waals surface area contributed by atoms with E-state index in [9.17, 15) is 9.90 Å². The quantitative estimate of drug-likeness (QED) is 0.720. The molecule has 0 saturated carbocycles. The van der Waals surface area contributed by atoms with Crippen molar-refractivity contribution in [1.82, 2.24) is 14.8 Å². The monoisotopic (exact) mass is 386 g/mol. The topological polar surface area (TPSA) is 80.0 Å². The molecule has 0 unspecified atom stereocenters. The molecule has 1 aromatic carbocycles. The molecule has 3 rings (SSSR count). The van der Waals surface area contributed by atoms with E-state index in [0.29, 0.717) is 5.56 Å². The second-order valence-corrected chi connectivity index (χ2v) is 6.06. The SMILES string of the molecule is Cc1nn(-c2ccc(C(=O)Nc3ncccc3O)cc2)c(C)c1Br. The van der Waals surface area contributed by atoms with Crippen LogP contribution >= 0.6 is 15.9 Å². The van der Waals surface area contributed by atoms with E-state index in [0.717, 1.165) is 21.5 Å². The van der Waals surface area contributed by atoms with Crippen LogP contribution in [-0.4, -0.2) is 25.8 Å². The van der Waals surface area contributed by atoms with Crippen LogP contribution in [0.25, 0.3) is 5.69 Å². The molecule has 0 aliphatic heterocycles. The summed E-state index contributed by atoms with van der Waals surface area (Å²) in [7, 11) is 0. The van der Waals surface area contributed by atoms with E-state index in [4.69, 9.17) is 0 Å². The van der Waals surface area contributed by atoms with Gasteiger partial charge in [-0.25, -0.2) is 9.67 Å². The minimum Gasteiger partial charge on any atom is -0.504 e. The normalized spacial score (nSPS) is 10.6. The maximum Gasteiger partial charge on any atom is 0.256 e. The Kier molecular flexibility index (Phi) is 4.35. The van der Waals surface area contributed by atoms with E-state index in [1.807, 2.05) is 30.7 Å². The number of anilines is 1. The predicted octanol–water partition coefficient (Wildman–Crippen LogP) is 3.60. The largest absolute Gasteiger partial charge is 0.504 e. The Morgan fingerprint density at radius 1 is 1.21 bits per heavy atom. The third kappa shape index (κ3) is 3.03. The highest BCUT2D eigenvalue weighted by atomic mass is 79.9. The molecule has 24 heavy (non-hydrogen) atoms. The number of hydrogen-bond donors (Lipinski definition) is 2. The summed E-state index contributed by atoms with van der Waals surface area (Å²) in [6, 6.07) is 10.1. The number of nitrogens with one attached hydrogen (secondary N) is 1. The smallest absolute Gasteiger partial charge is 0.256 e. The number of hydrogen-bond acceptors (Lipinski definition) is 4. The number of rotatable bonds is 3. The van der Waals surface area contributed by atoms with Gasteiger partial charge in [0.05, 0.1) is 21.5 Å². The van der Waals surface area contributed by atoms with Crippen molar-refractivity contribution >= 4 is 27.7 Å². The van der Waals surface area contributed by atoms with Crippen molar-refractivity contribution in [2.45, 2.75) is 13.8 Å². The van der Waals surface area contributed by atoms with Crippen LogP contribution in [0.5, 0.6) is 5.75 Å². The fourth-order valence-electron chi connectivity index (χ4n) is 2.30. The molecule has 2 N–H and O–H groups in total. The second kappa shape index (κ2) is 6.45. The lowest BCUT2D eigenvalue weighted by atomic mass is 10.2. The molecule has 0 radical (unpaired) electrons. The number of aromatic hydroxyl groups is 1. The van der Waals surface area contributed by atoms with Crippen molar-refractivity contribution in [2.75, 3.05) is 5.32 Å². The number of amides is 1. The number of aryl methyl sites for hydroxylation is 1. The zero-order valence-electron chi connectivity index (χ0n) is 13.1. The van der Waals surface area contributed by atoms with Gasteiger partial charge in [0.2, 0.25) is 0 Å². The molecule has 1 amide bonds. The van der Waals surface area contributed by atoms with Crippen LogP contribution < -0.4 is 5.32 Å². The number of carbonyl (C=O) groups excluding carboxylic acids is 1. The average Bonchev–Trinajstić information content (AvgIpc) is 2.84. The number of pyridine rings is 1. The van der Waals surface area contributed by atoms with Gasteiger partial charge in [-0.1, -0.05) is 0 Å². The molecule has 2 heterocycles. The summed E-state index contributed by atoms with van der Waals surface area (Å²) in [6.45, 7) is 3.89. The second-order valence-electron chi connectivity index (χ2n) is 5.27. The van der Waals surface area contributed by atoms with Gasteiger partial charge in [0.15, 0.2) is 11.6 Å². The summed E-state index contributed by atoms with van der Waals surface area (Å²) in [4.78, 5) is 16.2. The zero-order valence-corrected chi connectivity index (χ0v) is 14.7. The van der Waals surface area contributed by atoms with Gasteiger partial charge in [-0.15, -0.1) is 0 Å². The maximum absolute atomic E-state index is 12.2. The lowest BCUT2D eigenvalue weighted by molar-refractivity contribution is 0.102. The summed E-state index contributed by atoms with van der Waals surface area (Å²) in [5.74, 6) is -0.283. The molecule has 0 saturated heterocycles. The highest BCUT2D eigenvalue weighted by Crippen LogP contribution is 2.23. The van der Waals surface area contributed by atoms with E-state index >= 15 is 0 Å². The van der Waals surface area contributed by atoms with Crippen molar-refractivity contribution < 1.29 is 9.90 Å². The molecule has 0 spiro atoms. The lowest BCUT2D eigenvalue weighted by Gasteiger charge is -2.08. The van der Waals surface area contributed by atoms with Crippen LogP contribution in [0.1, 0.15) is 21.7 Å². The summed E-state index contributed by atoms with van der Waals surface area (Å²) in [5, 5.41) is 16.7. The van der Waals surface area contributed by atoms with Crippen LogP contribution in [0, 0.1) is 13.8 Å². The van der Waals surface area contributed by atoms with Gasteiger partial charge in [0, 0.05) is 11.8 Å². The maximum atomic E-state index is 12.2. The number of aromatic nitrogens is 3. The van der Waals surface area contributed by atoms with Crippen LogP contribution in [0.4, 0.5) is 5.82 Å². The fraction of sp³-hybridized carbons (Fsp3) is 0.118. The average molecular weight is 387 g/mol. The number of nitrogens with zero attached hydrogens (tertiary/aromatic N) is 3. The van der Waals surface area contributed by atoms with Gasteiger partial charge >= 0.3 is 0 Å². The van der Waals surface area contributed by atoms with Gasteiger partial charge in [-0.2, -0.15) is 5.10 Å². The summed E-state index contributed by atoms with van der Waals surface area (Å²) in [5.41, 5.74) is 3.21. The molecule has 0 aliphatic rings. The first-order valence-electron chi connectivity index (χ1n) is 7.25. The van der Waals surface area contributed by atoms with Crippen molar-refractivity contribution in [3.8, 4) is 11.4 Å². The van der Waals surface area contributed by atoms with Crippen molar-refractivity contribution in [3.63, 3.8) is 0 Å². The summed E-state index contributed by atoms with van der Waals surface area (Å²) in [6.07, 6.45) is 1.50. The van der Waals surface area contributed by atoms with Gasteiger partial charge in [-0.3, -0.25) is 4.79 Å². The third-order valence-corrected chi connectivity index (χ3v) is 4.74. The molecular weight excluding hydrogens is 372 g/mol. The minimum atomic E-state index is -0.343. The Morgan fingerprint density at radius 3 is 2.50 bits per heavy atom. The van der Waals surface area contributed by atoms with Gasteiger partial charge in [-0.05, 0) is 66.2 Å². The highest BCUT2D eigenvalue weighted by molar-refractivity contribution is 9.10. The Bertz CT molecular complexity index is 903. The van der Waals surface area contributed by atoms with Crippen LogP contribution in [0.2, 0.25) is 0 Å². The molecule has 0 aliphatic carbocycles. The van der Waals surface area contributed by atoms with E-state index in [-0.39, 0.29) is 17.5 Å². The van der Waals surface area contributed by atoms with Crippen LogP contribution in [0.3, 0.4) is 0 Å². The standard InChI is InChI=1S/C17H15BrN4O2/c1-10-15(18)11(2)22(21-10)13-7-5-12(6-8-13)17(24)20-16-14(23)4-3-9-19-16/h3-9,23H,1-2H3,(H,19,20,24). The summed E-state index contributed by atoms with van der Waals surface area (Å²) >= 11 is 3.50. The first-order chi connectivity index (χ1) is 11.5. The number of benzene rings is 1. The van der Waals surface area contributed by atoms with Gasteiger partial charge < -0.3 is 10.4 Å². The molecular formula is C17H15BrN4O2. The van der Waals surface area contributed by atoms with Crippen molar-refractivity contribution in [1.29, 1.82) is 0 Å². The molecule has 2 aromatic heterocycles. The van der Waals surface area contributed by atoms with E-state index in [1.165, 1.54) is 12.3 Å². The molecule has 3 aromatic rings. The lowest BCUT2D eigenvalue weighted by Crippen LogP contribution is -2.13. The van der Waals surface area contributed by atoms with Crippen molar-refractivity contribution in [2.24, 2.45) is 0 Å². The van der Waals surface area contributed by atoms with E-state index < -0.39 is 0 Å². The molecule has 7 heteroatoms. The molecule has 122 valence electrons. The first kappa shape index (κ1) is 16.2. The van der Waals surface area contributed by atoms with E-state index in [1.54, 1.807) is 18.2 Å². The van der Waals surface area contributed by atoms with Crippen molar-refractivity contribution in [3.05, 3.63) is 64.0 Å². The minimum absolute atomic E-state index is 0.0741. The Hall–Kier alpha value is -2.67. The Morgan fingerprint density at radius 2 is 1.92 bits per heavy atom. The zero-order chi connectivity index (χ0) is 17.3.